The quantitative estimate of drug-likeness (QED) is 0.468. The van der Waals surface area contributed by atoms with Crippen molar-refractivity contribution >= 4 is 11.5 Å². The second kappa shape index (κ2) is 6.68. The van der Waals surface area contributed by atoms with Crippen LogP contribution in [0.25, 0.3) is 5.57 Å². The molecule has 0 saturated heterocycles. The maximum Gasteiger partial charge on any atom is 0.302 e. The highest BCUT2D eigenvalue weighted by Crippen LogP contribution is 2.64. The minimum absolute atomic E-state index is 0.0711. The van der Waals surface area contributed by atoms with Gasteiger partial charge in [-0.1, -0.05) is 49.3 Å². The third-order valence-electron chi connectivity index (χ3n) is 8.41. The molecule has 2 fully saturated rings. The summed E-state index contributed by atoms with van der Waals surface area (Å²) in [7, 11) is 0. The van der Waals surface area contributed by atoms with Crippen molar-refractivity contribution in [3.8, 4) is 0 Å². The van der Waals surface area contributed by atoms with E-state index in [0.717, 1.165) is 25.7 Å². The van der Waals surface area contributed by atoms with Crippen molar-refractivity contribution < 1.29 is 9.53 Å². The van der Waals surface area contributed by atoms with Crippen LogP contribution in [0.2, 0.25) is 0 Å². The topological polar surface area (TPSA) is 39.2 Å². The molecule has 2 saturated carbocycles. The summed E-state index contributed by atoms with van der Waals surface area (Å²) in [5.74, 6) is 1.17. The fourth-order valence-corrected chi connectivity index (χ4v) is 6.91. The number of esters is 1. The van der Waals surface area contributed by atoms with E-state index in [0.29, 0.717) is 11.8 Å². The highest BCUT2D eigenvalue weighted by molar-refractivity contribution is 5.78. The Morgan fingerprint density at radius 2 is 2.07 bits per heavy atom. The van der Waals surface area contributed by atoms with E-state index < -0.39 is 0 Å². The van der Waals surface area contributed by atoms with Gasteiger partial charge in [-0.25, -0.2) is 0 Å². The van der Waals surface area contributed by atoms with Crippen LogP contribution >= 0.6 is 0 Å². The Morgan fingerprint density at radius 1 is 1.21 bits per heavy atom. The van der Waals surface area contributed by atoms with Crippen LogP contribution in [-0.2, 0) is 9.53 Å². The van der Waals surface area contributed by atoms with Gasteiger partial charge in [0.05, 0.1) is 0 Å². The van der Waals surface area contributed by atoms with Gasteiger partial charge < -0.3 is 4.74 Å². The van der Waals surface area contributed by atoms with E-state index in [1.807, 2.05) is 18.5 Å². The molecule has 5 atom stereocenters. The first kappa shape index (κ1) is 18.8. The number of carbonyl (C=O) groups is 1. The average molecular weight is 390 g/mol. The summed E-state index contributed by atoms with van der Waals surface area (Å²) in [6.07, 6.45) is 17.8. The van der Waals surface area contributed by atoms with Gasteiger partial charge in [-0.3, -0.25) is 9.78 Å². The number of allylic oxidation sites excluding steroid dienone is 5. The van der Waals surface area contributed by atoms with Crippen LogP contribution in [0.4, 0.5) is 0 Å². The lowest BCUT2D eigenvalue weighted by Crippen LogP contribution is -2.47. The zero-order chi connectivity index (χ0) is 20.2. The van der Waals surface area contributed by atoms with Crippen molar-refractivity contribution in [3.63, 3.8) is 0 Å². The lowest BCUT2D eigenvalue weighted by atomic mass is 9.49. The minimum Gasteiger partial charge on any atom is -0.462 e. The van der Waals surface area contributed by atoms with Crippen LogP contribution in [0, 0.1) is 22.7 Å². The highest BCUT2D eigenvalue weighted by Gasteiger charge is 2.54. The number of hydrogen-bond acceptors (Lipinski definition) is 3. The molecule has 0 spiro atoms. The number of pyridine rings is 1. The monoisotopic (exact) mass is 389 g/mol. The van der Waals surface area contributed by atoms with Crippen molar-refractivity contribution in [1.29, 1.82) is 0 Å². The lowest BCUT2D eigenvalue weighted by molar-refractivity contribution is -0.148. The molecular formula is C26H31NO2. The van der Waals surface area contributed by atoms with Crippen molar-refractivity contribution in [3.05, 3.63) is 59.5 Å². The van der Waals surface area contributed by atoms with Crippen LogP contribution in [0.1, 0.15) is 64.9 Å². The van der Waals surface area contributed by atoms with E-state index in [2.05, 4.69) is 43.1 Å². The van der Waals surface area contributed by atoms with Crippen molar-refractivity contribution in [2.75, 3.05) is 0 Å². The molecule has 4 aliphatic rings. The molecule has 4 aliphatic carbocycles. The number of fused-ring (bicyclic) bond motifs is 5. The molecular weight excluding hydrogens is 358 g/mol. The fraction of sp³-hybridized carbons (Fsp3) is 0.538. The van der Waals surface area contributed by atoms with Crippen LogP contribution in [0.5, 0.6) is 0 Å². The Labute approximate surface area is 173 Å². The molecule has 1 aromatic rings. The first-order valence-electron chi connectivity index (χ1n) is 11.1. The summed E-state index contributed by atoms with van der Waals surface area (Å²) in [5.41, 5.74) is 6.27. The molecule has 0 aliphatic heterocycles. The third kappa shape index (κ3) is 2.85. The predicted molar refractivity (Wildman–Crippen MR) is 115 cm³/mol. The predicted octanol–water partition coefficient (Wildman–Crippen LogP) is 5.89. The molecule has 0 unspecified atom stereocenters. The van der Waals surface area contributed by atoms with Gasteiger partial charge in [-0.2, -0.15) is 0 Å². The van der Waals surface area contributed by atoms with Gasteiger partial charge in [0.2, 0.25) is 0 Å². The number of nitrogens with zero attached hydrogens (tertiary/aromatic N) is 1. The van der Waals surface area contributed by atoms with Crippen LogP contribution < -0.4 is 0 Å². The molecule has 5 rings (SSSR count). The van der Waals surface area contributed by atoms with Gasteiger partial charge in [-0.15, -0.1) is 0 Å². The molecule has 152 valence electrons. The van der Waals surface area contributed by atoms with Crippen molar-refractivity contribution in [2.24, 2.45) is 22.7 Å². The number of rotatable bonds is 2. The summed E-state index contributed by atoms with van der Waals surface area (Å²) in [5, 5.41) is 0. The standard InChI is InChI=1S/C26H31NO2/c1-17(28)29-20-10-12-25(2)19(15-20)6-7-21-23-9-8-22(18-5-4-14-27-16-18)26(23,3)13-11-24(21)25/h4-6,8-9,14,16,20-21,24H,7,10-13,15H2,1-3H3/t20-,21-,24-,25-,26+/m0/s1. The third-order valence-corrected chi connectivity index (χ3v) is 8.41. The Hall–Kier alpha value is -2.16. The lowest BCUT2D eigenvalue weighted by Gasteiger charge is -2.56. The molecule has 0 N–H and O–H groups in total. The van der Waals surface area contributed by atoms with E-state index in [1.165, 1.54) is 30.9 Å². The number of carbonyl (C=O) groups excluding carboxylic acids is 1. The Bertz CT molecular complexity index is 927. The molecule has 0 radical (unpaired) electrons. The van der Waals surface area contributed by atoms with Gasteiger partial charge in [0.1, 0.15) is 6.10 Å². The van der Waals surface area contributed by atoms with E-state index in [4.69, 9.17) is 4.74 Å². The van der Waals surface area contributed by atoms with Gasteiger partial charge in [0.15, 0.2) is 0 Å². The summed E-state index contributed by atoms with van der Waals surface area (Å²) >= 11 is 0. The smallest absolute Gasteiger partial charge is 0.302 e. The number of aromatic nitrogens is 1. The zero-order valence-electron chi connectivity index (χ0n) is 17.8. The van der Waals surface area contributed by atoms with E-state index >= 15 is 0 Å². The van der Waals surface area contributed by atoms with Crippen LogP contribution in [0.3, 0.4) is 0 Å². The number of hydrogen-bond donors (Lipinski definition) is 0. The molecule has 3 nitrogen and oxygen atoms in total. The van der Waals surface area contributed by atoms with Gasteiger partial charge in [-0.05, 0) is 66.6 Å². The average Bonchev–Trinajstić information content (AvgIpc) is 3.06. The maximum absolute atomic E-state index is 11.4. The largest absolute Gasteiger partial charge is 0.462 e. The van der Waals surface area contributed by atoms with E-state index in [9.17, 15) is 4.79 Å². The first-order chi connectivity index (χ1) is 13.9. The summed E-state index contributed by atoms with van der Waals surface area (Å²) < 4.78 is 5.56. The van der Waals surface area contributed by atoms with Gasteiger partial charge in [0, 0.05) is 31.2 Å². The molecule has 0 bridgehead atoms. The minimum atomic E-state index is -0.147. The summed E-state index contributed by atoms with van der Waals surface area (Å²) in [4.78, 5) is 15.8. The summed E-state index contributed by atoms with van der Waals surface area (Å²) in [6.45, 7) is 6.45. The van der Waals surface area contributed by atoms with Crippen molar-refractivity contribution in [2.45, 2.75) is 65.4 Å². The molecule has 29 heavy (non-hydrogen) atoms. The zero-order valence-corrected chi connectivity index (χ0v) is 17.8. The Balaban J connectivity index is 1.42. The normalized spacial score (nSPS) is 38.0. The number of ether oxygens (including phenoxy) is 1. The fourth-order valence-electron chi connectivity index (χ4n) is 6.91. The van der Waals surface area contributed by atoms with Crippen LogP contribution in [-0.4, -0.2) is 17.1 Å². The van der Waals surface area contributed by atoms with Crippen molar-refractivity contribution in [1.82, 2.24) is 4.98 Å². The van der Waals surface area contributed by atoms with Crippen LogP contribution in [0.15, 0.2) is 53.9 Å². The molecule has 1 heterocycles. The molecule has 0 aromatic carbocycles. The summed E-state index contributed by atoms with van der Waals surface area (Å²) in [6, 6.07) is 4.24. The maximum atomic E-state index is 11.4. The molecule has 0 amide bonds. The van der Waals surface area contributed by atoms with Gasteiger partial charge in [0.25, 0.3) is 0 Å². The SMILES string of the molecule is CC(=O)O[C@H]1CC[C@@]2(C)C(=CC[C@H]3C4=CC=C(c5cccnc5)[C@@]4(C)CC[C@@H]32)C1. The van der Waals surface area contributed by atoms with E-state index in [1.54, 1.807) is 11.1 Å². The second-order valence-electron chi connectivity index (χ2n) is 9.88. The first-order valence-corrected chi connectivity index (χ1v) is 11.1. The second-order valence-corrected chi connectivity index (χ2v) is 9.88. The molecule has 3 heteroatoms. The molecule has 1 aromatic heterocycles. The highest BCUT2D eigenvalue weighted by atomic mass is 16.5. The Kier molecular flexibility index (Phi) is 4.34. The van der Waals surface area contributed by atoms with E-state index in [-0.39, 0.29) is 22.9 Å². The van der Waals surface area contributed by atoms with Gasteiger partial charge >= 0.3 is 5.97 Å². The Morgan fingerprint density at radius 3 is 2.83 bits per heavy atom.